The topological polar surface area (TPSA) is 55.4 Å². The Morgan fingerprint density at radius 1 is 0.632 bits per heavy atom. The van der Waals surface area contributed by atoms with Gasteiger partial charge in [0.2, 0.25) is 0 Å². The number of amides is 1. The predicted molar refractivity (Wildman–Crippen MR) is 91.8 cm³/mol. The van der Waals surface area contributed by atoms with E-state index in [2.05, 4.69) is 16.3 Å². The van der Waals surface area contributed by atoms with Crippen LogP contribution in [-0.4, -0.2) is 65.8 Å². The summed E-state index contributed by atoms with van der Waals surface area (Å²) in [6.45, 7) is 0. The molecule has 0 aliphatic rings. The fraction of sp³-hybridized carbons (Fsp3) is 0.529. The molecule has 0 spiro atoms. The molecule has 1 rings (SSSR count). The summed E-state index contributed by atoms with van der Waals surface area (Å²) < 4.78 is 219. The smallest absolute Gasteiger partial charge is 0.393 e. The van der Waals surface area contributed by atoms with E-state index >= 15 is 0 Å². The lowest BCUT2D eigenvalue weighted by Gasteiger charge is -2.42. The second-order valence-electron chi connectivity index (χ2n) is 7.04. The molecule has 0 saturated heterocycles. The van der Waals surface area contributed by atoms with Gasteiger partial charge in [-0.3, -0.25) is 4.79 Å². The number of nitrogens with one attached hydrogen (secondary N) is 1. The summed E-state index contributed by atoms with van der Waals surface area (Å²) in [5.41, 5.74) is -1.43. The summed E-state index contributed by atoms with van der Waals surface area (Å²) in [4.78, 5) is 22.7. The molecule has 0 radical (unpaired) electrons. The van der Waals surface area contributed by atoms with Crippen molar-refractivity contribution < 1.29 is 84.6 Å². The van der Waals surface area contributed by atoms with Gasteiger partial charge in [0.1, 0.15) is 0 Å². The van der Waals surface area contributed by atoms with Crippen LogP contribution in [0.25, 0.3) is 0 Å². The summed E-state index contributed by atoms with van der Waals surface area (Å²) in [5.74, 6) is -62.1. The van der Waals surface area contributed by atoms with Gasteiger partial charge < -0.3 is 10.1 Å². The zero-order chi connectivity index (χ0) is 30.6. The standard InChI is InChI=1S/C17H8ClF16NO3/c1-38-8(36)6-2-4-7(5-3-6)35-9(37)10(19,20)11(21,22)12(23,24)13(25,26)14(27,28)15(29,30)16(31,32)17(18,33)34/h2-5H,1H3,(H,35,37). The van der Waals surface area contributed by atoms with E-state index in [-0.39, 0.29) is 5.56 Å². The maximum Gasteiger partial charge on any atom is 0.393 e. The van der Waals surface area contributed by atoms with Crippen LogP contribution in [-0.2, 0) is 9.53 Å². The first kappa shape index (κ1) is 33.4. The van der Waals surface area contributed by atoms with E-state index in [0.29, 0.717) is 24.3 Å². The lowest BCUT2D eigenvalue weighted by molar-refractivity contribution is -0.445. The zero-order valence-corrected chi connectivity index (χ0v) is 18.2. The van der Waals surface area contributed by atoms with E-state index in [4.69, 9.17) is 0 Å². The number of halogens is 17. The van der Waals surface area contributed by atoms with Crippen molar-refractivity contribution in [3.05, 3.63) is 29.8 Å². The van der Waals surface area contributed by atoms with Crippen LogP contribution < -0.4 is 5.32 Å². The number of carbonyl (C=O) groups is 2. The van der Waals surface area contributed by atoms with Gasteiger partial charge in [0, 0.05) is 5.69 Å². The molecule has 0 heterocycles. The van der Waals surface area contributed by atoms with E-state index in [0.717, 1.165) is 12.4 Å². The number of anilines is 1. The van der Waals surface area contributed by atoms with Crippen molar-refractivity contribution in [2.24, 2.45) is 0 Å². The van der Waals surface area contributed by atoms with Crippen molar-refractivity contribution in [3.8, 4) is 0 Å². The number of hydrogen-bond donors (Lipinski definition) is 1. The van der Waals surface area contributed by atoms with Gasteiger partial charge in [-0.25, -0.2) is 4.79 Å². The molecule has 1 N–H and O–H groups in total. The first-order valence-electron chi connectivity index (χ1n) is 8.80. The first-order chi connectivity index (χ1) is 16.6. The Bertz CT molecular complexity index is 1050. The monoisotopic (exact) mass is 613 g/mol. The largest absolute Gasteiger partial charge is 0.465 e. The van der Waals surface area contributed by atoms with E-state index in [1.807, 2.05) is 0 Å². The van der Waals surface area contributed by atoms with Crippen molar-refractivity contribution >= 4 is 29.2 Å². The van der Waals surface area contributed by atoms with Crippen LogP contribution in [0.15, 0.2) is 24.3 Å². The summed E-state index contributed by atoms with van der Waals surface area (Å²) >= 11 is 3.42. The fourth-order valence-electron chi connectivity index (χ4n) is 2.32. The molecule has 0 saturated carbocycles. The molecule has 4 nitrogen and oxygen atoms in total. The zero-order valence-electron chi connectivity index (χ0n) is 17.5. The third-order valence-corrected chi connectivity index (χ3v) is 4.81. The second kappa shape index (κ2) is 9.51. The molecule has 0 aliphatic carbocycles. The third kappa shape index (κ3) is 4.67. The number of hydrogen-bond acceptors (Lipinski definition) is 3. The third-order valence-electron chi connectivity index (χ3n) is 4.57. The first-order valence-corrected chi connectivity index (χ1v) is 9.18. The Balaban J connectivity index is 3.51. The molecule has 21 heteroatoms. The van der Waals surface area contributed by atoms with E-state index in [9.17, 15) is 79.8 Å². The molecule has 0 fully saturated rings. The average molecular weight is 614 g/mol. The minimum atomic E-state index is -8.68. The molecule has 218 valence electrons. The van der Waals surface area contributed by atoms with Crippen LogP contribution >= 0.6 is 11.6 Å². The molecule has 1 aromatic rings. The average Bonchev–Trinajstić information content (AvgIpc) is 2.77. The molecule has 0 atom stereocenters. The van der Waals surface area contributed by atoms with Gasteiger partial charge in [0.25, 0.3) is 0 Å². The van der Waals surface area contributed by atoms with Crippen molar-refractivity contribution in [2.75, 3.05) is 12.4 Å². The van der Waals surface area contributed by atoms with Crippen LogP contribution in [0.3, 0.4) is 0 Å². The van der Waals surface area contributed by atoms with Crippen LogP contribution in [0.4, 0.5) is 75.9 Å². The number of benzene rings is 1. The van der Waals surface area contributed by atoms with E-state index in [1.54, 1.807) is 0 Å². The molecular weight excluding hydrogens is 606 g/mol. The van der Waals surface area contributed by atoms with Gasteiger partial charge in [0.15, 0.2) is 0 Å². The van der Waals surface area contributed by atoms with Crippen molar-refractivity contribution in [2.45, 2.75) is 46.8 Å². The van der Waals surface area contributed by atoms with Crippen LogP contribution in [0.2, 0.25) is 0 Å². The normalized spacial score (nSPS) is 14.8. The Hall–Kier alpha value is -2.67. The maximum absolute atomic E-state index is 13.9. The maximum atomic E-state index is 13.9. The van der Waals surface area contributed by atoms with E-state index < -0.39 is 64.4 Å². The minimum absolute atomic E-state index is 0.378. The molecule has 1 aromatic carbocycles. The Labute approximate surface area is 203 Å². The van der Waals surface area contributed by atoms with Crippen molar-refractivity contribution in [1.82, 2.24) is 0 Å². The Kier molecular flexibility index (Phi) is 8.35. The van der Waals surface area contributed by atoms with Gasteiger partial charge in [0.05, 0.1) is 12.7 Å². The summed E-state index contributed by atoms with van der Waals surface area (Å²) in [5, 5.41) is -6.15. The SMILES string of the molecule is COC(=O)c1ccc(NC(=O)C(F)(F)C(F)(F)C(F)(F)C(F)(F)C(F)(F)C(F)(F)C(F)(F)C(F)(F)Cl)cc1. The van der Waals surface area contributed by atoms with Crippen LogP contribution in [0.5, 0.6) is 0 Å². The van der Waals surface area contributed by atoms with Gasteiger partial charge >= 0.3 is 58.7 Å². The Morgan fingerprint density at radius 2 is 0.974 bits per heavy atom. The van der Waals surface area contributed by atoms with Crippen molar-refractivity contribution in [1.29, 1.82) is 0 Å². The molecule has 38 heavy (non-hydrogen) atoms. The second-order valence-corrected chi connectivity index (χ2v) is 7.52. The Morgan fingerprint density at radius 3 is 1.32 bits per heavy atom. The number of methoxy groups -OCH3 is 1. The predicted octanol–water partition coefficient (Wildman–Crippen LogP) is 6.69. The van der Waals surface area contributed by atoms with Gasteiger partial charge in [-0.15, -0.1) is 0 Å². The number of esters is 1. The number of carbonyl (C=O) groups excluding carboxylic acids is 2. The highest BCUT2D eigenvalue weighted by molar-refractivity contribution is 6.22. The number of ether oxygens (including phenoxy) is 1. The molecular formula is C17H8ClF16NO3. The van der Waals surface area contributed by atoms with Gasteiger partial charge in [-0.05, 0) is 35.9 Å². The lowest BCUT2D eigenvalue weighted by atomic mass is 9.89. The van der Waals surface area contributed by atoms with Crippen molar-refractivity contribution in [3.63, 3.8) is 0 Å². The summed E-state index contributed by atoms with van der Waals surface area (Å²) in [6.07, 6.45) is 0. The number of rotatable bonds is 10. The van der Waals surface area contributed by atoms with E-state index in [1.165, 1.54) is 0 Å². The molecule has 1 amide bonds. The summed E-state index contributed by atoms with van der Waals surface area (Å²) in [6, 6.07) is 2.20. The lowest BCUT2D eigenvalue weighted by Crippen LogP contribution is -2.75. The van der Waals surface area contributed by atoms with Gasteiger partial charge in [-0.2, -0.15) is 70.2 Å². The molecule has 0 unspecified atom stereocenters. The highest BCUT2D eigenvalue weighted by Crippen LogP contribution is 2.64. The highest BCUT2D eigenvalue weighted by atomic mass is 35.5. The van der Waals surface area contributed by atoms with Gasteiger partial charge in [-0.1, -0.05) is 0 Å². The molecule has 0 aliphatic heterocycles. The van der Waals surface area contributed by atoms with Crippen LogP contribution in [0, 0.1) is 0 Å². The summed E-state index contributed by atoms with van der Waals surface area (Å²) in [7, 11) is 0.859. The quantitative estimate of drug-likeness (QED) is 0.182. The number of alkyl halides is 17. The highest BCUT2D eigenvalue weighted by Gasteiger charge is 2.95. The van der Waals surface area contributed by atoms with Crippen LogP contribution in [0.1, 0.15) is 10.4 Å². The fourth-order valence-corrected chi connectivity index (χ4v) is 2.44. The minimum Gasteiger partial charge on any atom is -0.465 e. The molecule has 0 aromatic heterocycles. The molecule has 0 bridgehead atoms.